The standard InChI is InChI=1S/C7H15N2O/c1-2-9-3-4-10-7(5-8)6-9/h7H,1-6,8H2. The molecule has 1 atom stereocenters. The minimum absolute atomic E-state index is 0.232. The van der Waals surface area contributed by atoms with Crippen molar-refractivity contribution in [3.05, 3.63) is 6.92 Å². The Balaban J connectivity index is 2.25. The first-order valence-corrected chi connectivity index (χ1v) is 3.70. The van der Waals surface area contributed by atoms with Crippen LogP contribution in [0.15, 0.2) is 0 Å². The molecule has 2 N–H and O–H groups in total. The van der Waals surface area contributed by atoms with Crippen molar-refractivity contribution in [3.63, 3.8) is 0 Å². The Morgan fingerprint density at radius 2 is 2.50 bits per heavy atom. The Morgan fingerprint density at radius 1 is 1.70 bits per heavy atom. The Morgan fingerprint density at radius 3 is 3.10 bits per heavy atom. The minimum Gasteiger partial charge on any atom is -0.374 e. The largest absolute Gasteiger partial charge is 0.374 e. The Labute approximate surface area is 62.1 Å². The van der Waals surface area contributed by atoms with Crippen LogP contribution in [-0.2, 0) is 4.74 Å². The summed E-state index contributed by atoms with van der Waals surface area (Å²) in [6, 6.07) is 0. The summed E-state index contributed by atoms with van der Waals surface area (Å²) in [5, 5.41) is 0. The van der Waals surface area contributed by atoms with E-state index in [0.717, 1.165) is 26.2 Å². The summed E-state index contributed by atoms with van der Waals surface area (Å²) in [6.45, 7) is 8.04. The zero-order chi connectivity index (χ0) is 7.40. The third-order valence-corrected chi connectivity index (χ3v) is 1.80. The molecule has 59 valence electrons. The second-order valence-electron chi connectivity index (χ2n) is 2.53. The molecule has 1 aliphatic heterocycles. The van der Waals surface area contributed by atoms with Crippen molar-refractivity contribution in [1.82, 2.24) is 4.90 Å². The molecule has 1 aliphatic rings. The molecule has 0 bridgehead atoms. The summed E-state index contributed by atoms with van der Waals surface area (Å²) in [5.74, 6) is 0. The van der Waals surface area contributed by atoms with Crippen LogP contribution in [0, 0.1) is 6.92 Å². The van der Waals surface area contributed by atoms with Gasteiger partial charge in [-0.1, -0.05) is 0 Å². The number of nitrogens with zero attached hydrogens (tertiary/aromatic N) is 1. The van der Waals surface area contributed by atoms with E-state index < -0.39 is 0 Å². The molecule has 1 heterocycles. The highest BCUT2D eigenvalue weighted by molar-refractivity contribution is 4.71. The molecular weight excluding hydrogens is 128 g/mol. The molecule has 1 unspecified atom stereocenters. The first-order valence-electron chi connectivity index (χ1n) is 3.70. The molecule has 10 heavy (non-hydrogen) atoms. The van der Waals surface area contributed by atoms with Gasteiger partial charge in [-0.3, -0.25) is 4.90 Å². The third-order valence-electron chi connectivity index (χ3n) is 1.80. The van der Waals surface area contributed by atoms with Crippen LogP contribution in [0.4, 0.5) is 0 Å². The van der Waals surface area contributed by atoms with Crippen LogP contribution in [0.3, 0.4) is 0 Å². The van der Waals surface area contributed by atoms with Crippen molar-refractivity contribution < 1.29 is 4.74 Å². The Bertz CT molecular complexity index is 87.6. The van der Waals surface area contributed by atoms with Crippen LogP contribution in [0.25, 0.3) is 0 Å². The summed E-state index contributed by atoms with van der Waals surface area (Å²) >= 11 is 0. The average Bonchev–Trinajstić information content (AvgIpc) is 2.05. The molecule has 1 radical (unpaired) electrons. The SMILES string of the molecule is [CH2]CN1CCOC(CN)C1. The van der Waals surface area contributed by atoms with Crippen LogP contribution in [0.5, 0.6) is 0 Å². The molecule has 1 saturated heterocycles. The molecule has 0 saturated carbocycles. The van der Waals surface area contributed by atoms with Crippen LogP contribution < -0.4 is 5.73 Å². The summed E-state index contributed by atoms with van der Waals surface area (Å²) in [6.07, 6.45) is 0.232. The van der Waals surface area contributed by atoms with Gasteiger partial charge in [0.1, 0.15) is 0 Å². The normalized spacial score (nSPS) is 28.8. The topological polar surface area (TPSA) is 38.5 Å². The first-order chi connectivity index (χ1) is 4.86. The Hall–Kier alpha value is -0.120. The lowest BCUT2D eigenvalue weighted by molar-refractivity contribution is -0.0192. The van der Waals surface area contributed by atoms with Gasteiger partial charge in [0.15, 0.2) is 0 Å². The van der Waals surface area contributed by atoms with Gasteiger partial charge in [0.05, 0.1) is 12.7 Å². The van der Waals surface area contributed by atoms with Crippen molar-refractivity contribution in [1.29, 1.82) is 0 Å². The first kappa shape index (κ1) is 7.98. The lowest BCUT2D eigenvalue weighted by Gasteiger charge is -2.31. The summed E-state index contributed by atoms with van der Waals surface area (Å²) in [5.41, 5.74) is 5.45. The number of hydrogen-bond acceptors (Lipinski definition) is 3. The fourth-order valence-corrected chi connectivity index (χ4v) is 1.13. The van der Waals surface area contributed by atoms with E-state index in [1.54, 1.807) is 0 Å². The molecule has 0 aliphatic carbocycles. The van der Waals surface area contributed by atoms with Crippen molar-refractivity contribution in [2.75, 3.05) is 32.8 Å². The lowest BCUT2D eigenvalue weighted by Crippen LogP contribution is -2.45. The second kappa shape index (κ2) is 3.91. The fourth-order valence-electron chi connectivity index (χ4n) is 1.13. The van der Waals surface area contributed by atoms with Gasteiger partial charge in [-0.05, 0) is 13.5 Å². The molecule has 1 rings (SSSR count). The molecule has 3 heteroatoms. The van der Waals surface area contributed by atoms with E-state index in [1.165, 1.54) is 0 Å². The predicted molar refractivity (Wildman–Crippen MR) is 40.6 cm³/mol. The minimum atomic E-state index is 0.232. The van der Waals surface area contributed by atoms with E-state index in [9.17, 15) is 0 Å². The second-order valence-corrected chi connectivity index (χ2v) is 2.53. The van der Waals surface area contributed by atoms with E-state index in [0.29, 0.717) is 6.54 Å². The third kappa shape index (κ3) is 1.94. The molecule has 0 spiro atoms. The Kier molecular flexibility index (Phi) is 3.12. The highest BCUT2D eigenvalue weighted by Crippen LogP contribution is 2.02. The number of nitrogens with two attached hydrogens (primary N) is 1. The molecule has 3 nitrogen and oxygen atoms in total. The average molecular weight is 143 g/mol. The van der Waals surface area contributed by atoms with Crippen molar-refractivity contribution in [3.8, 4) is 0 Å². The van der Waals surface area contributed by atoms with E-state index >= 15 is 0 Å². The van der Waals surface area contributed by atoms with Gasteiger partial charge in [0, 0.05) is 19.6 Å². The van der Waals surface area contributed by atoms with Crippen molar-refractivity contribution in [2.45, 2.75) is 6.10 Å². The summed E-state index contributed by atoms with van der Waals surface area (Å²) in [7, 11) is 0. The molecule has 0 aromatic carbocycles. The van der Waals surface area contributed by atoms with Crippen LogP contribution in [-0.4, -0.2) is 43.8 Å². The molecule has 1 fully saturated rings. The van der Waals surface area contributed by atoms with Crippen LogP contribution >= 0.6 is 0 Å². The fraction of sp³-hybridized carbons (Fsp3) is 0.857. The molecular formula is C7H15N2O. The maximum atomic E-state index is 5.45. The van der Waals surface area contributed by atoms with Gasteiger partial charge < -0.3 is 10.5 Å². The van der Waals surface area contributed by atoms with Gasteiger partial charge in [0.2, 0.25) is 0 Å². The van der Waals surface area contributed by atoms with Gasteiger partial charge in [-0.25, -0.2) is 0 Å². The molecule has 0 aromatic heterocycles. The number of ether oxygens (including phenoxy) is 1. The van der Waals surface area contributed by atoms with Gasteiger partial charge in [-0.2, -0.15) is 0 Å². The smallest absolute Gasteiger partial charge is 0.0824 e. The van der Waals surface area contributed by atoms with E-state index in [1.807, 2.05) is 0 Å². The van der Waals surface area contributed by atoms with Crippen LogP contribution in [0.2, 0.25) is 0 Å². The monoisotopic (exact) mass is 143 g/mol. The van der Waals surface area contributed by atoms with E-state index in [4.69, 9.17) is 10.5 Å². The highest BCUT2D eigenvalue weighted by Gasteiger charge is 2.16. The predicted octanol–water partition coefficient (Wildman–Crippen LogP) is -0.520. The molecule has 0 aromatic rings. The van der Waals surface area contributed by atoms with Crippen molar-refractivity contribution >= 4 is 0 Å². The van der Waals surface area contributed by atoms with E-state index in [-0.39, 0.29) is 6.10 Å². The zero-order valence-electron chi connectivity index (χ0n) is 6.25. The van der Waals surface area contributed by atoms with Crippen LogP contribution in [0.1, 0.15) is 0 Å². The van der Waals surface area contributed by atoms with Gasteiger partial charge >= 0.3 is 0 Å². The zero-order valence-corrected chi connectivity index (χ0v) is 6.25. The van der Waals surface area contributed by atoms with Gasteiger partial charge in [-0.15, -0.1) is 0 Å². The maximum Gasteiger partial charge on any atom is 0.0824 e. The summed E-state index contributed by atoms with van der Waals surface area (Å²) < 4.78 is 5.36. The van der Waals surface area contributed by atoms with Gasteiger partial charge in [0.25, 0.3) is 0 Å². The van der Waals surface area contributed by atoms with E-state index in [2.05, 4.69) is 11.8 Å². The number of rotatable bonds is 2. The quantitative estimate of drug-likeness (QED) is 0.565. The summed E-state index contributed by atoms with van der Waals surface area (Å²) in [4.78, 5) is 2.25. The lowest BCUT2D eigenvalue weighted by atomic mass is 10.3. The molecule has 0 amide bonds. The number of morpholine rings is 1. The number of hydrogen-bond donors (Lipinski definition) is 1. The highest BCUT2D eigenvalue weighted by atomic mass is 16.5. The van der Waals surface area contributed by atoms with Crippen molar-refractivity contribution in [2.24, 2.45) is 5.73 Å². The maximum absolute atomic E-state index is 5.45.